The summed E-state index contributed by atoms with van der Waals surface area (Å²) in [5.74, 6) is 0. The largest absolute Gasteiger partial charge is 0.456 e. The first-order valence-corrected chi connectivity index (χ1v) is 15.8. The third-order valence-electron chi connectivity index (χ3n) is 8.85. The lowest BCUT2D eigenvalue weighted by molar-refractivity contribution is 0.669. The normalized spacial score (nSPS) is 11.6. The van der Waals surface area contributed by atoms with E-state index in [0.717, 1.165) is 55.8 Å². The van der Waals surface area contributed by atoms with Crippen molar-refractivity contribution in [2.75, 3.05) is 4.90 Å². The average Bonchev–Trinajstić information content (AvgIpc) is 3.65. The summed E-state index contributed by atoms with van der Waals surface area (Å²) >= 11 is 6.88. The van der Waals surface area contributed by atoms with Gasteiger partial charge in [0, 0.05) is 54.9 Å². The van der Waals surface area contributed by atoms with E-state index < -0.39 is 0 Å². The molecule has 0 aliphatic rings. The van der Waals surface area contributed by atoms with Crippen LogP contribution in [0.15, 0.2) is 168 Å². The van der Waals surface area contributed by atoms with Gasteiger partial charge in [-0.3, -0.25) is 0 Å². The molecule has 0 spiro atoms. The predicted molar refractivity (Wildman–Crippen MR) is 193 cm³/mol. The zero-order valence-electron chi connectivity index (χ0n) is 24.8. The number of halogens is 1. The molecule has 0 N–H and O–H groups in total. The zero-order valence-corrected chi connectivity index (χ0v) is 25.5. The van der Waals surface area contributed by atoms with E-state index in [1.54, 1.807) is 0 Å². The van der Waals surface area contributed by atoms with Gasteiger partial charge in [0.1, 0.15) is 11.2 Å². The van der Waals surface area contributed by atoms with Crippen LogP contribution in [0.4, 0.5) is 17.1 Å². The van der Waals surface area contributed by atoms with Gasteiger partial charge in [-0.2, -0.15) is 0 Å². The Labute approximate surface area is 271 Å². The monoisotopic (exact) mass is 610 g/mol. The molecule has 0 aliphatic heterocycles. The zero-order chi connectivity index (χ0) is 30.6. The maximum Gasteiger partial charge on any atom is 0.136 e. The van der Waals surface area contributed by atoms with Crippen LogP contribution in [0, 0.1) is 0 Å². The Morgan fingerprint density at radius 2 is 1.11 bits per heavy atom. The molecule has 0 atom stereocenters. The van der Waals surface area contributed by atoms with E-state index in [1.807, 2.05) is 30.3 Å². The number of anilines is 3. The van der Waals surface area contributed by atoms with Gasteiger partial charge in [0.2, 0.25) is 0 Å². The summed E-state index contributed by atoms with van der Waals surface area (Å²) in [6.07, 6.45) is 0. The Bertz CT molecular complexity index is 2530. The number of hydrogen-bond donors (Lipinski definition) is 0. The molecule has 0 unspecified atom stereocenters. The fourth-order valence-electron chi connectivity index (χ4n) is 6.83. The van der Waals surface area contributed by atoms with Crippen molar-refractivity contribution in [3.05, 3.63) is 169 Å². The standard InChI is InChI=1S/C42H27ClN2O/c43-36-24-26-40-42(34-16-8-10-18-39(34)46-40)41(36)28-19-21-31(22-20-28)44(29-11-3-1-4-12-29)32-23-25-38-35(27-32)33-15-7-9-17-37(33)45(38)30-13-5-2-6-14-30/h1-27H. The molecule has 3 nitrogen and oxygen atoms in total. The van der Waals surface area contributed by atoms with Gasteiger partial charge >= 0.3 is 0 Å². The van der Waals surface area contributed by atoms with E-state index in [9.17, 15) is 0 Å². The number of rotatable bonds is 5. The van der Waals surface area contributed by atoms with E-state index in [0.29, 0.717) is 5.02 Å². The van der Waals surface area contributed by atoms with Crippen LogP contribution in [-0.2, 0) is 0 Å². The highest BCUT2D eigenvalue weighted by Gasteiger charge is 2.19. The molecule has 2 aromatic heterocycles. The van der Waals surface area contributed by atoms with Crippen LogP contribution in [0.25, 0.3) is 60.6 Å². The van der Waals surface area contributed by atoms with E-state index in [2.05, 4.69) is 143 Å². The van der Waals surface area contributed by atoms with Crippen molar-refractivity contribution in [1.29, 1.82) is 0 Å². The number of benzene rings is 7. The summed E-state index contributed by atoms with van der Waals surface area (Å²) in [6, 6.07) is 57.2. The summed E-state index contributed by atoms with van der Waals surface area (Å²) in [7, 11) is 0. The molecule has 218 valence electrons. The molecule has 9 aromatic rings. The van der Waals surface area contributed by atoms with Gasteiger partial charge in [0.05, 0.1) is 11.0 Å². The predicted octanol–water partition coefficient (Wildman–Crippen LogP) is 12.5. The van der Waals surface area contributed by atoms with Crippen molar-refractivity contribution >= 4 is 72.4 Å². The Hall–Kier alpha value is -5.77. The molecule has 0 amide bonds. The summed E-state index contributed by atoms with van der Waals surface area (Å²) in [6.45, 7) is 0. The van der Waals surface area contributed by atoms with E-state index in [-0.39, 0.29) is 0 Å². The van der Waals surface area contributed by atoms with Crippen LogP contribution in [0.2, 0.25) is 5.02 Å². The van der Waals surface area contributed by atoms with Crippen LogP contribution >= 0.6 is 11.6 Å². The second-order valence-corrected chi connectivity index (χ2v) is 11.9. The molecule has 4 heteroatoms. The minimum Gasteiger partial charge on any atom is -0.456 e. The quantitative estimate of drug-likeness (QED) is 0.193. The molecule has 46 heavy (non-hydrogen) atoms. The third kappa shape index (κ3) is 4.21. The summed E-state index contributed by atoms with van der Waals surface area (Å²) < 4.78 is 8.52. The topological polar surface area (TPSA) is 21.3 Å². The first-order valence-electron chi connectivity index (χ1n) is 15.4. The van der Waals surface area contributed by atoms with E-state index in [4.69, 9.17) is 16.0 Å². The van der Waals surface area contributed by atoms with Crippen LogP contribution < -0.4 is 4.90 Å². The second-order valence-electron chi connectivity index (χ2n) is 11.5. The fraction of sp³-hybridized carbons (Fsp3) is 0. The van der Waals surface area contributed by atoms with Crippen molar-refractivity contribution in [1.82, 2.24) is 4.57 Å². The Morgan fingerprint density at radius 1 is 0.478 bits per heavy atom. The third-order valence-corrected chi connectivity index (χ3v) is 9.16. The smallest absolute Gasteiger partial charge is 0.136 e. The van der Waals surface area contributed by atoms with E-state index in [1.165, 1.54) is 21.8 Å². The maximum absolute atomic E-state index is 6.88. The maximum atomic E-state index is 6.88. The van der Waals surface area contributed by atoms with Crippen LogP contribution in [0.5, 0.6) is 0 Å². The lowest BCUT2D eigenvalue weighted by Gasteiger charge is -2.26. The number of para-hydroxylation sites is 4. The molecule has 0 aliphatic carbocycles. The molecule has 0 bridgehead atoms. The Morgan fingerprint density at radius 3 is 1.91 bits per heavy atom. The fourth-order valence-corrected chi connectivity index (χ4v) is 7.10. The van der Waals surface area contributed by atoms with Gasteiger partial charge in [0.25, 0.3) is 0 Å². The molecular formula is C42H27ClN2O. The highest BCUT2D eigenvalue weighted by atomic mass is 35.5. The average molecular weight is 611 g/mol. The summed E-state index contributed by atoms with van der Waals surface area (Å²) in [4.78, 5) is 2.31. The van der Waals surface area contributed by atoms with Crippen molar-refractivity contribution in [3.8, 4) is 16.8 Å². The van der Waals surface area contributed by atoms with Gasteiger partial charge in [-0.25, -0.2) is 0 Å². The molecule has 2 heterocycles. The molecule has 0 saturated heterocycles. The minimum absolute atomic E-state index is 0.701. The van der Waals surface area contributed by atoms with Crippen molar-refractivity contribution < 1.29 is 4.42 Å². The van der Waals surface area contributed by atoms with Crippen molar-refractivity contribution in [2.45, 2.75) is 0 Å². The first kappa shape index (κ1) is 26.6. The van der Waals surface area contributed by atoms with Crippen molar-refractivity contribution in [2.24, 2.45) is 0 Å². The van der Waals surface area contributed by atoms with Crippen LogP contribution in [0.1, 0.15) is 0 Å². The molecule has 0 fully saturated rings. The number of furan rings is 1. The number of aromatic nitrogens is 1. The number of fused-ring (bicyclic) bond motifs is 6. The van der Waals surface area contributed by atoms with Gasteiger partial charge in [-0.15, -0.1) is 0 Å². The SMILES string of the molecule is Clc1ccc2oc3ccccc3c2c1-c1ccc(N(c2ccccc2)c2ccc3c(c2)c2ccccc2n3-c2ccccc2)cc1. The van der Waals surface area contributed by atoms with Gasteiger partial charge < -0.3 is 13.9 Å². The summed E-state index contributed by atoms with van der Waals surface area (Å²) in [5, 5.41) is 5.23. The van der Waals surface area contributed by atoms with E-state index >= 15 is 0 Å². The lowest BCUT2D eigenvalue weighted by atomic mass is 9.99. The van der Waals surface area contributed by atoms with Crippen LogP contribution in [0.3, 0.4) is 0 Å². The van der Waals surface area contributed by atoms with Gasteiger partial charge in [0.15, 0.2) is 0 Å². The molecule has 7 aromatic carbocycles. The highest BCUT2D eigenvalue weighted by molar-refractivity contribution is 6.36. The van der Waals surface area contributed by atoms with Gasteiger partial charge in [-0.1, -0.05) is 96.5 Å². The molecular weight excluding hydrogens is 584 g/mol. The molecule has 0 saturated carbocycles. The van der Waals surface area contributed by atoms with Crippen molar-refractivity contribution in [3.63, 3.8) is 0 Å². The molecule has 9 rings (SSSR count). The van der Waals surface area contributed by atoms with Crippen LogP contribution in [-0.4, -0.2) is 4.57 Å². The highest BCUT2D eigenvalue weighted by Crippen LogP contribution is 2.43. The van der Waals surface area contributed by atoms with Gasteiger partial charge in [-0.05, 0) is 84.4 Å². The lowest BCUT2D eigenvalue weighted by Crippen LogP contribution is -2.09. The minimum atomic E-state index is 0.701. The Balaban J connectivity index is 1.21. The number of nitrogens with zero attached hydrogens (tertiary/aromatic N) is 2. The summed E-state index contributed by atoms with van der Waals surface area (Å²) in [5.41, 5.74) is 10.5. The molecule has 0 radical (unpaired) electrons. The second kappa shape index (κ2) is 10.7. The number of hydrogen-bond acceptors (Lipinski definition) is 2. The Kier molecular flexibility index (Phi) is 6.19. The first-order chi connectivity index (χ1) is 22.7.